The summed E-state index contributed by atoms with van der Waals surface area (Å²) < 4.78 is 10.3. The van der Waals surface area contributed by atoms with E-state index in [1.54, 1.807) is 7.11 Å². The van der Waals surface area contributed by atoms with E-state index in [1.165, 1.54) is 0 Å². The van der Waals surface area contributed by atoms with Crippen LogP contribution in [0.1, 0.15) is 12.5 Å². The van der Waals surface area contributed by atoms with Crippen LogP contribution in [-0.2, 0) is 11.3 Å². The van der Waals surface area contributed by atoms with Gasteiger partial charge in [0.2, 0.25) is 0 Å². The number of nitrogens with one attached hydrogen (secondary N) is 1. The summed E-state index contributed by atoms with van der Waals surface area (Å²) in [4.78, 5) is 0. The lowest BCUT2D eigenvalue weighted by Gasteiger charge is -2.11. The smallest absolute Gasteiger partial charge is 0.156 e. The molecule has 3 nitrogen and oxygen atoms in total. The van der Waals surface area contributed by atoms with E-state index in [0.29, 0.717) is 35.6 Å². The molecular weight excluding hydrogens is 261 g/mol. The van der Waals surface area contributed by atoms with E-state index >= 15 is 0 Å². The second-order valence-electron chi connectivity index (χ2n) is 3.49. The number of halogens is 2. The Balaban J connectivity index is 2.63. The van der Waals surface area contributed by atoms with Crippen LogP contribution < -0.4 is 10.1 Å². The molecule has 96 valence electrons. The van der Waals surface area contributed by atoms with Crippen molar-refractivity contribution in [1.82, 2.24) is 5.32 Å². The molecule has 0 spiro atoms. The Morgan fingerprint density at radius 3 is 2.41 bits per heavy atom. The fourth-order valence-corrected chi connectivity index (χ4v) is 2.04. The summed E-state index contributed by atoms with van der Waals surface area (Å²) >= 11 is 12.2. The van der Waals surface area contributed by atoms with Crippen LogP contribution in [0.5, 0.6) is 5.75 Å². The molecule has 0 bridgehead atoms. The van der Waals surface area contributed by atoms with Gasteiger partial charge in [0, 0.05) is 20.2 Å². The van der Waals surface area contributed by atoms with Crippen LogP contribution in [0.25, 0.3) is 0 Å². The molecule has 0 atom stereocenters. The minimum atomic E-state index is 0.544. The van der Waals surface area contributed by atoms with E-state index in [1.807, 2.05) is 19.1 Å². The number of rotatable bonds is 7. The Morgan fingerprint density at radius 2 is 1.88 bits per heavy atom. The number of hydrogen-bond donors (Lipinski definition) is 1. The first-order valence-corrected chi connectivity index (χ1v) is 6.25. The molecule has 1 rings (SSSR count). The summed E-state index contributed by atoms with van der Waals surface area (Å²) in [5, 5.41) is 4.31. The molecule has 0 radical (unpaired) electrons. The van der Waals surface area contributed by atoms with Crippen LogP contribution in [0, 0.1) is 0 Å². The summed E-state index contributed by atoms with van der Waals surface area (Å²) in [6.07, 6.45) is 0. The normalized spacial score (nSPS) is 10.6. The average molecular weight is 278 g/mol. The quantitative estimate of drug-likeness (QED) is 0.777. The summed E-state index contributed by atoms with van der Waals surface area (Å²) in [5.74, 6) is 0.552. The Labute approximate surface area is 112 Å². The lowest BCUT2D eigenvalue weighted by atomic mass is 10.2. The van der Waals surface area contributed by atoms with Crippen molar-refractivity contribution in [3.8, 4) is 5.75 Å². The molecule has 1 N–H and O–H groups in total. The standard InChI is InChI=1S/C12H17Cl2NO2/c1-3-17-12-10(13)6-9(7-11(12)14)8-15-4-5-16-2/h6-7,15H,3-5,8H2,1-2H3. The topological polar surface area (TPSA) is 30.5 Å². The summed E-state index contributed by atoms with van der Waals surface area (Å²) in [7, 11) is 1.67. The predicted octanol–water partition coefficient (Wildman–Crippen LogP) is 3.13. The summed E-state index contributed by atoms with van der Waals surface area (Å²) in [6.45, 7) is 4.62. The lowest BCUT2D eigenvalue weighted by Crippen LogP contribution is -2.18. The highest BCUT2D eigenvalue weighted by Gasteiger charge is 2.08. The van der Waals surface area contributed by atoms with Gasteiger partial charge in [0.05, 0.1) is 23.3 Å². The van der Waals surface area contributed by atoms with E-state index < -0.39 is 0 Å². The molecule has 1 aromatic carbocycles. The maximum atomic E-state index is 6.09. The number of methoxy groups -OCH3 is 1. The molecule has 0 heterocycles. The minimum Gasteiger partial charge on any atom is -0.491 e. The van der Waals surface area contributed by atoms with E-state index in [4.69, 9.17) is 32.7 Å². The maximum absolute atomic E-state index is 6.09. The van der Waals surface area contributed by atoms with E-state index in [-0.39, 0.29) is 0 Å². The Hall–Kier alpha value is -0.480. The van der Waals surface area contributed by atoms with Gasteiger partial charge < -0.3 is 14.8 Å². The van der Waals surface area contributed by atoms with Gasteiger partial charge in [-0.15, -0.1) is 0 Å². The van der Waals surface area contributed by atoms with Crippen molar-refractivity contribution in [2.24, 2.45) is 0 Å². The minimum absolute atomic E-state index is 0.544. The third-order valence-corrected chi connectivity index (χ3v) is 2.72. The van der Waals surface area contributed by atoms with E-state index in [0.717, 1.165) is 12.1 Å². The van der Waals surface area contributed by atoms with Gasteiger partial charge in [0.15, 0.2) is 5.75 Å². The second kappa shape index (κ2) is 7.77. The molecule has 0 aliphatic heterocycles. The van der Waals surface area contributed by atoms with Gasteiger partial charge in [-0.05, 0) is 24.6 Å². The molecule has 5 heteroatoms. The molecule has 0 amide bonds. The molecule has 0 saturated carbocycles. The van der Waals surface area contributed by atoms with Gasteiger partial charge in [0.1, 0.15) is 0 Å². The van der Waals surface area contributed by atoms with Gasteiger partial charge in [-0.3, -0.25) is 0 Å². The van der Waals surface area contributed by atoms with Gasteiger partial charge >= 0.3 is 0 Å². The van der Waals surface area contributed by atoms with Gasteiger partial charge in [-0.25, -0.2) is 0 Å². The first kappa shape index (κ1) is 14.6. The van der Waals surface area contributed by atoms with Crippen LogP contribution in [0.3, 0.4) is 0 Å². The molecule has 0 saturated heterocycles. The van der Waals surface area contributed by atoms with Crippen molar-refractivity contribution < 1.29 is 9.47 Å². The molecular formula is C12H17Cl2NO2. The van der Waals surface area contributed by atoms with Gasteiger partial charge in [-0.2, -0.15) is 0 Å². The summed E-state index contributed by atoms with van der Waals surface area (Å²) in [5.41, 5.74) is 1.03. The predicted molar refractivity (Wildman–Crippen MR) is 71.2 cm³/mol. The maximum Gasteiger partial charge on any atom is 0.156 e. The Kier molecular flexibility index (Phi) is 6.66. The molecule has 0 unspecified atom stereocenters. The molecule has 0 aliphatic carbocycles. The van der Waals surface area contributed by atoms with Gasteiger partial charge in [-0.1, -0.05) is 23.2 Å². The second-order valence-corrected chi connectivity index (χ2v) is 4.31. The van der Waals surface area contributed by atoms with E-state index in [2.05, 4.69) is 5.32 Å². The van der Waals surface area contributed by atoms with Crippen molar-refractivity contribution in [1.29, 1.82) is 0 Å². The largest absolute Gasteiger partial charge is 0.491 e. The lowest BCUT2D eigenvalue weighted by molar-refractivity contribution is 0.199. The zero-order valence-corrected chi connectivity index (χ0v) is 11.6. The molecule has 0 aromatic heterocycles. The molecule has 1 aromatic rings. The van der Waals surface area contributed by atoms with Crippen LogP contribution in [0.4, 0.5) is 0 Å². The average Bonchev–Trinajstić information content (AvgIpc) is 2.29. The zero-order valence-electron chi connectivity index (χ0n) is 10.1. The fraction of sp³-hybridized carbons (Fsp3) is 0.500. The van der Waals surface area contributed by atoms with Crippen LogP contribution in [0.15, 0.2) is 12.1 Å². The third-order valence-electron chi connectivity index (χ3n) is 2.16. The van der Waals surface area contributed by atoms with Crippen molar-refractivity contribution in [3.05, 3.63) is 27.7 Å². The summed E-state index contributed by atoms with van der Waals surface area (Å²) in [6, 6.07) is 3.72. The zero-order chi connectivity index (χ0) is 12.7. The van der Waals surface area contributed by atoms with Crippen molar-refractivity contribution in [3.63, 3.8) is 0 Å². The Bertz CT molecular complexity index is 335. The van der Waals surface area contributed by atoms with Crippen LogP contribution >= 0.6 is 23.2 Å². The highest BCUT2D eigenvalue weighted by atomic mass is 35.5. The first-order chi connectivity index (χ1) is 8.19. The number of benzene rings is 1. The monoisotopic (exact) mass is 277 g/mol. The molecule has 0 fully saturated rings. The van der Waals surface area contributed by atoms with Crippen LogP contribution in [-0.4, -0.2) is 26.9 Å². The fourth-order valence-electron chi connectivity index (χ4n) is 1.40. The van der Waals surface area contributed by atoms with Crippen molar-refractivity contribution in [2.45, 2.75) is 13.5 Å². The Morgan fingerprint density at radius 1 is 1.24 bits per heavy atom. The highest BCUT2D eigenvalue weighted by Crippen LogP contribution is 2.34. The first-order valence-electron chi connectivity index (χ1n) is 5.49. The van der Waals surface area contributed by atoms with Crippen molar-refractivity contribution >= 4 is 23.2 Å². The van der Waals surface area contributed by atoms with E-state index in [9.17, 15) is 0 Å². The van der Waals surface area contributed by atoms with Crippen molar-refractivity contribution in [2.75, 3.05) is 26.9 Å². The number of hydrogen-bond acceptors (Lipinski definition) is 3. The molecule has 17 heavy (non-hydrogen) atoms. The van der Waals surface area contributed by atoms with Gasteiger partial charge in [0.25, 0.3) is 0 Å². The van der Waals surface area contributed by atoms with Crippen LogP contribution in [0.2, 0.25) is 10.0 Å². The molecule has 0 aliphatic rings. The number of ether oxygens (including phenoxy) is 2. The third kappa shape index (κ3) is 4.72. The highest BCUT2D eigenvalue weighted by molar-refractivity contribution is 6.37. The SMILES string of the molecule is CCOc1c(Cl)cc(CNCCOC)cc1Cl.